The molecule has 2 aromatic carbocycles. The molecule has 45 heavy (non-hydrogen) atoms. The van der Waals surface area contributed by atoms with Crippen molar-refractivity contribution in [3.05, 3.63) is 106 Å². The Hall–Kier alpha value is -5.12. The normalized spacial score (nSPS) is 12.3. The van der Waals surface area contributed by atoms with Gasteiger partial charge in [0.05, 0.1) is 22.9 Å². The van der Waals surface area contributed by atoms with Gasteiger partial charge in [-0.2, -0.15) is 18.3 Å². The number of carbonyl (C=O) groups is 2. The first-order valence-electron chi connectivity index (χ1n) is 13.5. The number of carbonyl (C=O) groups excluding carboxylic acids is 2. The molecule has 0 unspecified atom stereocenters. The maximum atomic E-state index is 14.2. The zero-order valence-electron chi connectivity index (χ0n) is 24.3. The van der Waals surface area contributed by atoms with Crippen LogP contribution in [0.25, 0.3) is 11.1 Å². The largest absolute Gasteiger partial charge is 0.436 e. The summed E-state index contributed by atoms with van der Waals surface area (Å²) in [4.78, 5) is 29.4. The van der Waals surface area contributed by atoms with Crippen molar-refractivity contribution in [1.82, 2.24) is 20.1 Å². The molecule has 0 radical (unpaired) electrons. The minimum atomic E-state index is -4.84. The van der Waals surface area contributed by atoms with Gasteiger partial charge in [0.2, 0.25) is 5.91 Å². The number of pyridine rings is 1. The van der Waals surface area contributed by atoms with Crippen LogP contribution in [0.15, 0.2) is 60.9 Å². The molecular formula is C32H27F6N5O2. The van der Waals surface area contributed by atoms with Crippen molar-refractivity contribution in [2.75, 3.05) is 0 Å². The van der Waals surface area contributed by atoms with E-state index >= 15 is 0 Å². The van der Waals surface area contributed by atoms with E-state index < -0.39 is 70.3 Å². The van der Waals surface area contributed by atoms with Gasteiger partial charge in [0.15, 0.2) is 5.69 Å². The molecule has 3 N–H and O–H groups in total. The van der Waals surface area contributed by atoms with Crippen LogP contribution in [-0.4, -0.2) is 26.6 Å². The van der Waals surface area contributed by atoms with E-state index in [4.69, 9.17) is 5.73 Å². The minimum absolute atomic E-state index is 0.129. The Balaban J connectivity index is 1.73. The number of hydrogen-bond acceptors (Lipinski definition) is 4. The molecule has 7 nitrogen and oxygen atoms in total. The van der Waals surface area contributed by atoms with Crippen LogP contribution in [0.5, 0.6) is 0 Å². The molecule has 0 fully saturated rings. The topological polar surface area (TPSA) is 103 Å². The van der Waals surface area contributed by atoms with Crippen molar-refractivity contribution in [2.24, 2.45) is 11.1 Å². The first kappa shape index (κ1) is 32.8. The maximum absolute atomic E-state index is 14.2. The molecule has 0 saturated carbocycles. The molecular weight excluding hydrogens is 600 g/mol. The van der Waals surface area contributed by atoms with E-state index in [9.17, 15) is 35.9 Å². The van der Waals surface area contributed by atoms with Gasteiger partial charge >= 0.3 is 6.18 Å². The average Bonchev–Trinajstić information content (AvgIpc) is 3.34. The molecule has 1 atom stereocenters. The van der Waals surface area contributed by atoms with E-state index in [1.165, 1.54) is 24.4 Å². The van der Waals surface area contributed by atoms with Crippen molar-refractivity contribution >= 4 is 11.8 Å². The van der Waals surface area contributed by atoms with Crippen LogP contribution in [0.4, 0.5) is 26.3 Å². The minimum Gasteiger partial charge on any atom is -0.366 e. The zero-order chi connectivity index (χ0) is 33.1. The number of primary amides is 1. The lowest BCUT2D eigenvalue weighted by molar-refractivity contribution is -0.142. The molecule has 4 aromatic rings. The lowest BCUT2D eigenvalue weighted by Crippen LogP contribution is -2.34. The third kappa shape index (κ3) is 8.50. The Labute approximate surface area is 254 Å². The van der Waals surface area contributed by atoms with Crippen molar-refractivity contribution in [3.8, 4) is 23.0 Å². The summed E-state index contributed by atoms with van der Waals surface area (Å²) in [6.45, 7) is 4.51. The second kappa shape index (κ2) is 12.9. The molecule has 0 saturated heterocycles. The number of rotatable bonds is 8. The lowest BCUT2D eigenvalue weighted by atomic mass is 9.94. The number of nitrogens with zero attached hydrogens (tertiary/aromatic N) is 3. The summed E-state index contributed by atoms with van der Waals surface area (Å²) in [5, 5.41) is 6.20. The average molecular weight is 628 g/mol. The smallest absolute Gasteiger partial charge is 0.366 e. The molecule has 0 aliphatic heterocycles. The van der Waals surface area contributed by atoms with Gasteiger partial charge in [-0.25, -0.2) is 13.2 Å². The molecule has 13 heteroatoms. The summed E-state index contributed by atoms with van der Waals surface area (Å²) in [7, 11) is 0. The van der Waals surface area contributed by atoms with Gasteiger partial charge in [0, 0.05) is 29.4 Å². The lowest BCUT2D eigenvalue weighted by Gasteiger charge is -2.22. The molecule has 0 bridgehead atoms. The summed E-state index contributed by atoms with van der Waals surface area (Å²) in [6.07, 6.45) is -2.65. The number of amides is 2. The summed E-state index contributed by atoms with van der Waals surface area (Å²) in [6, 6.07) is 8.35. The van der Waals surface area contributed by atoms with Gasteiger partial charge < -0.3 is 11.1 Å². The molecule has 4 rings (SSSR count). The highest BCUT2D eigenvalue weighted by atomic mass is 19.4. The molecule has 0 spiro atoms. The third-order valence-corrected chi connectivity index (χ3v) is 6.32. The molecule has 2 amide bonds. The van der Waals surface area contributed by atoms with E-state index in [0.29, 0.717) is 17.2 Å². The van der Waals surface area contributed by atoms with Gasteiger partial charge in [-0.05, 0) is 68.7 Å². The first-order valence-corrected chi connectivity index (χ1v) is 13.5. The fourth-order valence-electron chi connectivity index (χ4n) is 4.45. The predicted molar refractivity (Wildman–Crippen MR) is 153 cm³/mol. The van der Waals surface area contributed by atoms with Crippen LogP contribution >= 0.6 is 0 Å². The van der Waals surface area contributed by atoms with Crippen LogP contribution in [-0.2, 0) is 23.9 Å². The Morgan fingerprint density at radius 3 is 2.33 bits per heavy atom. The standard InChI is InChI=1S/C32H27F6N5O2/c1-31(2,3)9-8-20-16-43(42-29(20)32(36,37)38)17-27(44)41-26(13-18-11-21(33)15-22(34)12-18)28-23(5-4-10-40-28)19-6-7-25(35)24(14-19)30(39)45/h4-7,10-12,14-16,26H,13,17H2,1-3H3,(H2,39,45)(H,41,44)/t26-/m0/s1. The number of nitrogens with two attached hydrogens (primary N) is 1. The fourth-order valence-corrected chi connectivity index (χ4v) is 4.45. The second-order valence-electron chi connectivity index (χ2n) is 11.2. The zero-order valence-corrected chi connectivity index (χ0v) is 24.3. The highest BCUT2D eigenvalue weighted by Gasteiger charge is 2.37. The van der Waals surface area contributed by atoms with Gasteiger partial charge in [-0.1, -0.05) is 24.0 Å². The van der Waals surface area contributed by atoms with E-state index in [1.807, 2.05) is 0 Å². The number of hydrogen-bond donors (Lipinski definition) is 2. The molecule has 0 aliphatic carbocycles. The Morgan fingerprint density at radius 2 is 1.71 bits per heavy atom. The molecule has 2 aromatic heterocycles. The van der Waals surface area contributed by atoms with Crippen molar-refractivity contribution in [2.45, 2.75) is 46.0 Å². The van der Waals surface area contributed by atoms with Crippen LogP contribution in [0.3, 0.4) is 0 Å². The SMILES string of the molecule is CC(C)(C)C#Cc1cn(CC(=O)N[C@@H](Cc2cc(F)cc(F)c2)c2ncccc2-c2ccc(F)c(C(N)=O)c2)nc1C(F)(F)F. The first-order chi connectivity index (χ1) is 21.0. The summed E-state index contributed by atoms with van der Waals surface area (Å²) in [5.74, 6) is 0.756. The summed E-state index contributed by atoms with van der Waals surface area (Å²) in [5.41, 5.74) is 3.53. The van der Waals surface area contributed by atoms with Crippen molar-refractivity contribution < 1.29 is 35.9 Å². The Bertz CT molecular complexity index is 1790. The van der Waals surface area contributed by atoms with Crippen LogP contribution in [0.2, 0.25) is 0 Å². The Morgan fingerprint density at radius 1 is 1.02 bits per heavy atom. The van der Waals surface area contributed by atoms with Gasteiger partial charge in [-0.15, -0.1) is 0 Å². The fraction of sp³-hybridized carbons (Fsp3) is 0.250. The van der Waals surface area contributed by atoms with E-state index in [-0.39, 0.29) is 17.7 Å². The van der Waals surface area contributed by atoms with Crippen LogP contribution in [0, 0.1) is 34.7 Å². The summed E-state index contributed by atoms with van der Waals surface area (Å²) >= 11 is 0. The van der Waals surface area contributed by atoms with E-state index in [1.54, 1.807) is 26.8 Å². The third-order valence-electron chi connectivity index (χ3n) is 6.32. The van der Waals surface area contributed by atoms with Gasteiger partial charge in [-0.3, -0.25) is 19.3 Å². The number of benzene rings is 2. The van der Waals surface area contributed by atoms with E-state index in [0.717, 1.165) is 29.1 Å². The van der Waals surface area contributed by atoms with E-state index in [2.05, 4.69) is 27.2 Å². The number of aromatic nitrogens is 3. The highest BCUT2D eigenvalue weighted by Crippen LogP contribution is 2.32. The van der Waals surface area contributed by atoms with Gasteiger partial charge in [0.25, 0.3) is 5.91 Å². The van der Waals surface area contributed by atoms with Crippen molar-refractivity contribution in [1.29, 1.82) is 0 Å². The molecule has 0 aliphatic rings. The second-order valence-corrected chi connectivity index (χ2v) is 11.2. The van der Waals surface area contributed by atoms with Crippen LogP contribution < -0.4 is 11.1 Å². The van der Waals surface area contributed by atoms with Crippen molar-refractivity contribution in [3.63, 3.8) is 0 Å². The summed E-state index contributed by atoms with van der Waals surface area (Å²) < 4.78 is 84.3. The quantitative estimate of drug-likeness (QED) is 0.185. The molecule has 2 heterocycles. The number of halogens is 6. The number of nitrogens with one attached hydrogen (secondary N) is 1. The predicted octanol–water partition coefficient (Wildman–Crippen LogP) is 5.98. The van der Waals surface area contributed by atoms with Crippen LogP contribution in [0.1, 0.15) is 59.7 Å². The highest BCUT2D eigenvalue weighted by molar-refractivity contribution is 5.94. The van der Waals surface area contributed by atoms with Gasteiger partial charge in [0.1, 0.15) is 24.0 Å². The number of alkyl halides is 3. The Kier molecular flexibility index (Phi) is 9.37. The maximum Gasteiger partial charge on any atom is 0.436 e. The molecule has 234 valence electrons. The monoisotopic (exact) mass is 627 g/mol.